The minimum atomic E-state index is -0.0426. The van der Waals surface area contributed by atoms with Crippen LogP contribution >= 0.6 is 11.3 Å². The molecule has 1 aliphatic rings. The van der Waals surface area contributed by atoms with Crippen molar-refractivity contribution in [2.45, 2.75) is 20.8 Å². The number of anilines is 1. The Morgan fingerprint density at radius 2 is 1.89 bits per heavy atom. The molecule has 4 aromatic rings. The lowest BCUT2D eigenvalue weighted by atomic mass is 10.1. The summed E-state index contributed by atoms with van der Waals surface area (Å²) in [5.41, 5.74) is 3.16. The molecule has 1 saturated heterocycles. The minimum absolute atomic E-state index is 0.0426. The van der Waals surface area contributed by atoms with E-state index in [9.17, 15) is 4.79 Å². The zero-order valence-electron chi connectivity index (χ0n) is 20.6. The SMILES string of the molecule is C/C=C/C=C/C(=O)c1ccc(-c2nc(C)c3c(n2)sc2c(OCC)nc(N4CCNCC4)nc23)cc1. The molecule has 0 spiro atoms. The molecule has 9 heteroatoms. The Bertz CT molecular complexity index is 1470. The van der Waals surface area contributed by atoms with E-state index in [0.717, 1.165) is 57.9 Å². The molecule has 184 valence electrons. The van der Waals surface area contributed by atoms with Gasteiger partial charge in [0.05, 0.1) is 17.7 Å². The van der Waals surface area contributed by atoms with Crippen molar-refractivity contribution in [1.29, 1.82) is 0 Å². The maximum absolute atomic E-state index is 12.3. The second kappa shape index (κ2) is 10.5. The van der Waals surface area contributed by atoms with Gasteiger partial charge in [0.2, 0.25) is 11.8 Å². The number of rotatable bonds is 7. The first-order chi connectivity index (χ1) is 17.6. The van der Waals surface area contributed by atoms with E-state index in [4.69, 9.17) is 24.7 Å². The van der Waals surface area contributed by atoms with Crippen molar-refractivity contribution in [3.8, 4) is 17.3 Å². The fourth-order valence-corrected chi connectivity index (χ4v) is 5.28. The van der Waals surface area contributed by atoms with E-state index >= 15 is 0 Å². The number of ether oxygens (including phenoxy) is 1. The lowest BCUT2D eigenvalue weighted by molar-refractivity contribution is 0.104. The summed E-state index contributed by atoms with van der Waals surface area (Å²) in [7, 11) is 0. The molecule has 4 heterocycles. The second-order valence-corrected chi connectivity index (χ2v) is 9.42. The summed E-state index contributed by atoms with van der Waals surface area (Å²) in [5, 5.41) is 4.30. The number of hydrogen-bond donors (Lipinski definition) is 1. The maximum atomic E-state index is 12.3. The molecule has 0 radical (unpaired) electrons. The van der Waals surface area contributed by atoms with Crippen LogP contribution in [0.3, 0.4) is 0 Å². The van der Waals surface area contributed by atoms with Gasteiger partial charge in [-0.1, -0.05) is 42.5 Å². The van der Waals surface area contributed by atoms with Gasteiger partial charge in [0.15, 0.2) is 11.6 Å². The van der Waals surface area contributed by atoms with E-state index in [1.807, 2.05) is 57.2 Å². The fourth-order valence-electron chi connectivity index (χ4n) is 4.17. The minimum Gasteiger partial charge on any atom is -0.477 e. The summed E-state index contributed by atoms with van der Waals surface area (Å²) in [6, 6.07) is 7.39. The van der Waals surface area contributed by atoms with Gasteiger partial charge in [0.1, 0.15) is 15.0 Å². The van der Waals surface area contributed by atoms with Crippen LogP contribution in [0.25, 0.3) is 31.8 Å². The van der Waals surface area contributed by atoms with Crippen LogP contribution in [-0.2, 0) is 0 Å². The highest BCUT2D eigenvalue weighted by Gasteiger charge is 2.22. The molecule has 0 saturated carbocycles. The molecule has 0 atom stereocenters. The number of aryl methyl sites for hydroxylation is 1. The topological polar surface area (TPSA) is 93.1 Å². The Morgan fingerprint density at radius 1 is 1.11 bits per heavy atom. The van der Waals surface area contributed by atoms with E-state index in [-0.39, 0.29) is 5.78 Å². The molecular formula is C27H28N6O2S. The van der Waals surface area contributed by atoms with Gasteiger partial charge >= 0.3 is 0 Å². The van der Waals surface area contributed by atoms with Gasteiger partial charge in [0.25, 0.3) is 0 Å². The van der Waals surface area contributed by atoms with Crippen LogP contribution in [0.4, 0.5) is 5.95 Å². The highest BCUT2D eigenvalue weighted by molar-refractivity contribution is 7.25. The normalized spacial score (nSPS) is 14.5. The number of ketones is 1. The van der Waals surface area contributed by atoms with Crippen LogP contribution in [0, 0.1) is 6.92 Å². The molecule has 5 rings (SSSR count). The van der Waals surface area contributed by atoms with Crippen LogP contribution in [0.15, 0.2) is 48.6 Å². The number of benzene rings is 1. The largest absolute Gasteiger partial charge is 0.477 e. The van der Waals surface area contributed by atoms with Crippen molar-refractivity contribution in [2.75, 3.05) is 37.7 Å². The summed E-state index contributed by atoms with van der Waals surface area (Å²) in [6.45, 7) is 9.87. The van der Waals surface area contributed by atoms with Crippen molar-refractivity contribution in [3.05, 3.63) is 59.8 Å². The molecular weight excluding hydrogens is 472 g/mol. The number of fused-ring (bicyclic) bond motifs is 3. The number of nitrogens with one attached hydrogen (secondary N) is 1. The number of carbonyl (C=O) groups excluding carboxylic acids is 1. The number of allylic oxidation sites excluding steroid dienone is 4. The monoisotopic (exact) mass is 500 g/mol. The summed E-state index contributed by atoms with van der Waals surface area (Å²) >= 11 is 1.52. The molecule has 1 aliphatic heterocycles. The van der Waals surface area contributed by atoms with Crippen molar-refractivity contribution in [1.82, 2.24) is 25.3 Å². The number of piperazine rings is 1. The van der Waals surface area contributed by atoms with Crippen LogP contribution in [-0.4, -0.2) is 58.5 Å². The summed E-state index contributed by atoms with van der Waals surface area (Å²) in [5.74, 6) is 1.84. The number of nitrogens with zero attached hydrogens (tertiary/aromatic N) is 5. The van der Waals surface area contributed by atoms with Gasteiger partial charge in [-0.2, -0.15) is 4.98 Å². The maximum Gasteiger partial charge on any atom is 0.236 e. The average Bonchev–Trinajstić information content (AvgIpc) is 3.29. The first-order valence-electron chi connectivity index (χ1n) is 12.1. The molecule has 36 heavy (non-hydrogen) atoms. The molecule has 0 aliphatic carbocycles. The summed E-state index contributed by atoms with van der Waals surface area (Å²) in [6.07, 6.45) is 7.01. The van der Waals surface area contributed by atoms with Gasteiger partial charge in [-0.25, -0.2) is 15.0 Å². The van der Waals surface area contributed by atoms with Crippen molar-refractivity contribution < 1.29 is 9.53 Å². The number of thiophene rings is 1. The van der Waals surface area contributed by atoms with Gasteiger partial charge in [-0.3, -0.25) is 4.79 Å². The van der Waals surface area contributed by atoms with Crippen LogP contribution in [0.2, 0.25) is 0 Å². The highest BCUT2D eigenvalue weighted by Crippen LogP contribution is 2.39. The van der Waals surface area contributed by atoms with Gasteiger partial charge < -0.3 is 15.0 Å². The van der Waals surface area contributed by atoms with Gasteiger partial charge in [0, 0.05) is 37.3 Å². The zero-order chi connectivity index (χ0) is 25.1. The van der Waals surface area contributed by atoms with Gasteiger partial charge in [-0.05, 0) is 26.8 Å². The molecule has 3 aromatic heterocycles. The van der Waals surface area contributed by atoms with Crippen molar-refractivity contribution in [2.24, 2.45) is 0 Å². The molecule has 1 N–H and O–H groups in total. The van der Waals surface area contributed by atoms with Crippen LogP contribution < -0.4 is 15.0 Å². The smallest absolute Gasteiger partial charge is 0.236 e. The Morgan fingerprint density at radius 3 is 2.61 bits per heavy atom. The van der Waals surface area contributed by atoms with Crippen molar-refractivity contribution in [3.63, 3.8) is 0 Å². The summed E-state index contributed by atoms with van der Waals surface area (Å²) in [4.78, 5) is 34.8. The summed E-state index contributed by atoms with van der Waals surface area (Å²) < 4.78 is 6.82. The molecule has 0 unspecified atom stereocenters. The third-order valence-electron chi connectivity index (χ3n) is 5.97. The Labute approximate surface area is 213 Å². The molecule has 8 nitrogen and oxygen atoms in total. The third-order valence-corrected chi connectivity index (χ3v) is 7.04. The standard InChI is InChI=1S/C27H28N6O2S/c1-4-6-7-8-20(34)18-9-11-19(12-10-18)24-29-17(3)21-22-23(36-26(21)31-24)25(35-5-2)32-27(30-22)33-15-13-28-14-16-33/h4,6-12,28H,5,13-16H2,1-3H3/b6-4+,8-7+. The van der Waals surface area contributed by atoms with Crippen molar-refractivity contribution >= 4 is 43.5 Å². The van der Waals surface area contributed by atoms with E-state index < -0.39 is 0 Å². The Balaban J connectivity index is 1.55. The Kier molecular flexibility index (Phi) is 7.02. The highest BCUT2D eigenvalue weighted by atomic mass is 32.1. The first-order valence-corrected chi connectivity index (χ1v) is 12.9. The lowest BCUT2D eigenvalue weighted by Gasteiger charge is -2.27. The second-order valence-electron chi connectivity index (χ2n) is 8.42. The third kappa shape index (κ3) is 4.72. The Hall–Kier alpha value is -3.69. The molecule has 1 fully saturated rings. The quantitative estimate of drug-likeness (QED) is 0.221. The molecule has 1 aromatic carbocycles. The number of carbonyl (C=O) groups is 1. The molecule has 0 amide bonds. The van der Waals surface area contributed by atoms with E-state index in [2.05, 4.69) is 10.2 Å². The predicted octanol–water partition coefficient (Wildman–Crippen LogP) is 4.73. The fraction of sp³-hybridized carbons (Fsp3) is 0.296. The first kappa shape index (κ1) is 24.0. The number of aromatic nitrogens is 4. The number of hydrogen-bond acceptors (Lipinski definition) is 9. The van der Waals surface area contributed by atoms with Crippen LogP contribution in [0.1, 0.15) is 29.9 Å². The van der Waals surface area contributed by atoms with E-state index in [0.29, 0.717) is 29.8 Å². The van der Waals surface area contributed by atoms with E-state index in [1.54, 1.807) is 12.2 Å². The van der Waals surface area contributed by atoms with Crippen LogP contribution in [0.5, 0.6) is 5.88 Å². The average molecular weight is 501 g/mol. The predicted molar refractivity (Wildman–Crippen MR) is 145 cm³/mol. The molecule has 0 bridgehead atoms. The van der Waals surface area contributed by atoms with E-state index in [1.165, 1.54) is 11.3 Å². The zero-order valence-corrected chi connectivity index (χ0v) is 21.4. The van der Waals surface area contributed by atoms with Gasteiger partial charge in [-0.15, -0.1) is 11.3 Å². The lowest BCUT2D eigenvalue weighted by Crippen LogP contribution is -2.44.